The topological polar surface area (TPSA) is 26.0 Å². The van der Waals surface area contributed by atoms with Crippen LogP contribution in [-0.2, 0) is 19.3 Å². The molecule has 0 saturated heterocycles. The van der Waals surface area contributed by atoms with Crippen molar-refractivity contribution in [2.75, 3.05) is 0 Å². The SMILES string of the molecule is CCc1cc(CC)c(C(N)c2cscc2C)c(CC)c1. The lowest BCUT2D eigenvalue weighted by Crippen LogP contribution is -2.17. The van der Waals surface area contributed by atoms with Crippen molar-refractivity contribution in [3.05, 3.63) is 56.3 Å². The number of aryl methyl sites for hydroxylation is 4. The van der Waals surface area contributed by atoms with Gasteiger partial charge in [0.05, 0.1) is 6.04 Å². The molecule has 0 bridgehead atoms. The lowest BCUT2D eigenvalue weighted by molar-refractivity contribution is 0.822. The zero-order chi connectivity index (χ0) is 14.7. The normalized spacial score (nSPS) is 12.7. The largest absolute Gasteiger partial charge is 0.320 e. The molecule has 0 spiro atoms. The molecule has 0 fully saturated rings. The van der Waals surface area contributed by atoms with E-state index < -0.39 is 0 Å². The minimum atomic E-state index is 0.0112. The van der Waals surface area contributed by atoms with Gasteiger partial charge in [-0.3, -0.25) is 0 Å². The summed E-state index contributed by atoms with van der Waals surface area (Å²) in [6.07, 6.45) is 3.19. The fourth-order valence-corrected chi connectivity index (χ4v) is 3.77. The summed E-state index contributed by atoms with van der Waals surface area (Å²) in [7, 11) is 0. The van der Waals surface area contributed by atoms with Gasteiger partial charge in [-0.05, 0) is 70.3 Å². The van der Waals surface area contributed by atoms with E-state index in [2.05, 4.69) is 50.6 Å². The molecule has 1 heterocycles. The lowest BCUT2D eigenvalue weighted by atomic mass is 9.87. The second-order valence-electron chi connectivity index (χ2n) is 5.38. The summed E-state index contributed by atoms with van der Waals surface area (Å²) in [5.41, 5.74) is 14.8. The van der Waals surface area contributed by atoms with Gasteiger partial charge in [-0.25, -0.2) is 0 Å². The zero-order valence-corrected chi connectivity index (χ0v) is 13.8. The van der Waals surface area contributed by atoms with Gasteiger partial charge in [-0.2, -0.15) is 11.3 Å². The van der Waals surface area contributed by atoms with Crippen molar-refractivity contribution in [1.82, 2.24) is 0 Å². The summed E-state index contributed by atoms with van der Waals surface area (Å²) >= 11 is 1.74. The first kappa shape index (κ1) is 15.3. The van der Waals surface area contributed by atoms with Gasteiger partial charge in [0.2, 0.25) is 0 Å². The molecule has 108 valence electrons. The Morgan fingerprint density at radius 1 is 1.00 bits per heavy atom. The average Bonchev–Trinajstić information content (AvgIpc) is 2.91. The van der Waals surface area contributed by atoms with Crippen molar-refractivity contribution in [3.63, 3.8) is 0 Å². The number of benzene rings is 1. The molecule has 2 aromatic rings. The maximum atomic E-state index is 6.61. The van der Waals surface area contributed by atoms with Gasteiger partial charge in [0.25, 0.3) is 0 Å². The van der Waals surface area contributed by atoms with Gasteiger partial charge in [0.15, 0.2) is 0 Å². The lowest BCUT2D eigenvalue weighted by Gasteiger charge is -2.21. The molecule has 1 unspecified atom stereocenters. The molecule has 1 nitrogen and oxygen atoms in total. The maximum absolute atomic E-state index is 6.61. The minimum absolute atomic E-state index is 0.0112. The van der Waals surface area contributed by atoms with Crippen LogP contribution < -0.4 is 5.73 Å². The predicted molar refractivity (Wildman–Crippen MR) is 89.7 cm³/mol. The van der Waals surface area contributed by atoms with E-state index in [4.69, 9.17) is 5.73 Å². The third-order valence-electron chi connectivity index (χ3n) is 4.12. The van der Waals surface area contributed by atoms with Crippen LogP contribution in [0.3, 0.4) is 0 Å². The third-order valence-corrected chi connectivity index (χ3v) is 5.00. The first-order chi connectivity index (χ1) is 9.62. The molecule has 1 aromatic carbocycles. The van der Waals surface area contributed by atoms with Crippen LogP contribution in [0.4, 0.5) is 0 Å². The Morgan fingerprint density at radius 2 is 1.60 bits per heavy atom. The van der Waals surface area contributed by atoms with Crippen molar-refractivity contribution >= 4 is 11.3 Å². The zero-order valence-electron chi connectivity index (χ0n) is 13.0. The van der Waals surface area contributed by atoms with Gasteiger partial charge in [0, 0.05) is 0 Å². The summed E-state index contributed by atoms with van der Waals surface area (Å²) in [5.74, 6) is 0. The summed E-state index contributed by atoms with van der Waals surface area (Å²) in [5, 5.41) is 4.39. The molecule has 20 heavy (non-hydrogen) atoms. The Kier molecular flexibility index (Phi) is 5.00. The van der Waals surface area contributed by atoms with Crippen molar-refractivity contribution < 1.29 is 0 Å². The Bertz CT molecular complexity index is 558. The van der Waals surface area contributed by atoms with E-state index in [0.29, 0.717) is 0 Å². The van der Waals surface area contributed by atoms with E-state index in [1.165, 1.54) is 33.4 Å². The first-order valence-corrected chi connectivity index (χ1v) is 8.49. The molecule has 2 N–H and O–H groups in total. The molecule has 0 aliphatic rings. The van der Waals surface area contributed by atoms with Gasteiger partial charge in [-0.1, -0.05) is 32.9 Å². The van der Waals surface area contributed by atoms with Crippen molar-refractivity contribution in [3.8, 4) is 0 Å². The highest BCUT2D eigenvalue weighted by molar-refractivity contribution is 7.08. The Morgan fingerprint density at radius 3 is 2.00 bits per heavy atom. The quantitative estimate of drug-likeness (QED) is 0.840. The molecule has 0 saturated carbocycles. The second kappa shape index (κ2) is 6.55. The molecule has 1 aromatic heterocycles. The van der Waals surface area contributed by atoms with E-state index in [0.717, 1.165) is 19.3 Å². The molecule has 0 radical (unpaired) electrons. The van der Waals surface area contributed by atoms with Crippen LogP contribution in [0.2, 0.25) is 0 Å². The summed E-state index contributed by atoms with van der Waals surface area (Å²) in [6, 6.07) is 4.70. The maximum Gasteiger partial charge on any atom is 0.0567 e. The molecular formula is C18H25NS. The van der Waals surface area contributed by atoms with Crippen molar-refractivity contribution in [2.24, 2.45) is 5.73 Å². The molecule has 2 heteroatoms. The van der Waals surface area contributed by atoms with Gasteiger partial charge >= 0.3 is 0 Å². The number of hydrogen-bond acceptors (Lipinski definition) is 2. The molecule has 1 atom stereocenters. The average molecular weight is 287 g/mol. The van der Waals surface area contributed by atoms with Crippen LogP contribution in [0.1, 0.15) is 60.2 Å². The smallest absolute Gasteiger partial charge is 0.0567 e. The van der Waals surface area contributed by atoms with Crippen molar-refractivity contribution in [1.29, 1.82) is 0 Å². The van der Waals surface area contributed by atoms with Crippen molar-refractivity contribution in [2.45, 2.75) is 53.0 Å². The van der Waals surface area contributed by atoms with Gasteiger partial charge in [-0.15, -0.1) is 0 Å². The Hall–Kier alpha value is -1.12. The van der Waals surface area contributed by atoms with Gasteiger partial charge in [0.1, 0.15) is 0 Å². The van der Waals surface area contributed by atoms with Crippen LogP contribution >= 0.6 is 11.3 Å². The highest BCUT2D eigenvalue weighted by atomic mass is 32.1. The summed E-state index contributed by atoms with van der Waals surface area (Å²) in [6.45, 7) is 8.83. The molecular weight excluding hydrogens is 262 g/mol. The van der Waals surface area contributed by atoms with E-state index in [1.54, 1.807) is 11.3 Å². The fraction of sp³-hybridized carbons (Fsp3) is 0.444. The summed E-state index contributed by atoms with van der Waals surface area (Å²) < 4.78 is 0. The molecule has 2 rings (SSSR count). The van der Waals surface area contributed by atoms with Gasteiger partial charge < -0.3 is 5.73 Å². The van der Waals surface area contributed by atoms with Crippen LogP contribution in [0, 0.1) is 6.92 Å². The van der Waals surface area contributed by atoms with E-state index in [9.17, 15) is 0 Å². The third kappa shape index (κ3) is 2.82. The molecule has 0 aliphatic carbocycles. The molecule has 0 amide bonds. The monoisotopic (exact) mass is 287 g/mol. The summed E-state index contributed by atoms with van der Waals surface area (Å²) in [4.78, 5) is 0. The first-order valence-electron chi connectivity index (χ1n) is 7.55. The minimum Gasteiger partial charge on any atom is -0.320 e. The van der Waals surface area contributed by atoms with Crippen LogP contribution in [0.15, 0.2) is 22.9 Å². The highest BCUT2D eigenvalue weighted by Crippen LogP contribution is 2.32. The number of rotatable bonds is 5. The standard InChI is InChI=1S/C18H25NS/c1-5-13-8-14(6-2)17(15(7-3)9-13)18(19)16-11-20-10-12(16)4/h8-11,18H,5-7,19H2,1-4H3. The Balaban J connectivity index is 2.57. The van der Waals surface area contributed by atoms with Crippen LogP contribution in [0.25, 0.3) is 0 Å². The van der Waals surface area contributed by atoms with Crippen LogP contribution in [0.5, 0.6) is 0 Å². The number of nitrogens with two attached hydrogens (primary N) is 1. The second-order valence-corrected chi connectivity index (χ2v) is 6.12. The van der Waals surface area contributed by atoms with E-state index in [-0.39, 0.29) is 6.04 Å². The van der Waals surface area contributed by atoms with E-state index >= 15 is 0 Å². The predicted octanol–water partition coefficient (Wildman–Crippen LogP) is 4.79. The molecule has 0 aliphatic heterocycles. The fourth-order valence-electron chi connectivity index (χ4n) is 2.88. The number of hydrogen-bond donors (Lipinski definition) is 1. The van der Waals surface area contributed by atoms with E-state index in [1.807, 2.05) is 0 Å². The number of thiophene rings is 1. The van der Waals surface area contributed by atoms with Crippen LogP contribution in [-0.4, -0.2) is 0 Å². The Labute approximate surface area is 126 Å². The highest BCUT2D eigenvalue weighted by Gasteiger charge is 2.19.